The number of hydrogen-bond donors (Lipinski definition) is 2. The zero-order valence-corrected chi connectivity index (χ0v) is 15.4. The number of rotatable bonds is 5. The van der Waals surface area contributed by atoms with Crippen molar-refractivity contribution in [1.82, 2.24) is 20.2 Å². The van der Waals surface area contributed by atoms with Crippen LogP contribution in [0.25, 0.3) is 0 Å². The number of nitrogens with zero attached hydrogens (tertiary/aromatic N) is 4. The van der Waals surface area contributed by atoms with Gasteiger partial charge in [0.1, 0.15) is 11.7 Å². The van der Waals surface area contributed by atoms with Crippen LogP contribution in [0.1, 0.15) is 44.2 Å². The molecule has 2 aliphatic rings. The molecule has 28 heavy (non-hydrogen) atoms. The van der Waals surface area contributed by atoms with Gasteiger partial charge in [-0.3, -0.25) is 4.79 Å². The van der Waals surface area contributed by atoms with Gasteiger partial charge in [0.15, 0.2) is 0 Å². The van der Waals surface area contributed by atoms with Gasteiger partial charge in [0, 0.05) is 24.8 Å². The van der Waals surface area contributed by atoms with Gasteiger partial charge < -0.3 is 15.5 Å². The zero-order valence-electron chi connectivity index (χ0n) is 15.4. The molecule has 1 aliphatic heterocycles. The second-order valence-corrected chi connectivity index (χ2v) is 7.21. The Kier molecular flexibility index (Phi) is 6.34. The van der Waals surface area contributed by atoms with E-state index in [1.54, 1.807) is 4.90 Å². The van der Waals surface area contributed by atoms with Gasteiger partial charge in [-0.05, 0) is 44.6 Å². The molecule has 1 aliphatic carbocycles. The predicted molar refractivity (Wildman–Crippen MR) is 95.1 cm³/mol. The molecule has 2 N–H and O–H groups in total. The Hall–Kier alpha value is -2.41. The van der Waals surface area contributed by atoms with E-state index in [-0.39, 0.29) is 36.5 Å². The normalized spacial score (nSPS) is 25.4. The molecule has 2 fully saturated rings. The maximum absolute atomic E-state index is 12.7. The van der Waals surface area contributed by atoms with Crippen LogP contribution >= 0.6 is 0 Å². The van der Waals surface area contributed by atoms with Crippen LogP contribution in [-0.4, -0.2) is 52.0 Å². The van der Waals surface area contributed by atoms with Gasteiger partial charge in [-0.25, -0.2) is 9.97 Å². The Morgan fingerprint density at radius 1 is 1.25 bits per heavy atom. The minimum absolute atomic E-state index is 0.00112. The molecule has 0 radical (unpaired) electrons. The van der Waals surface area contributed by atoms with E-state index in [2.05, 4.69) is 26.7 Å². The van der Waals surface area contributed by atoms with Crippen LogP contribution in [0.15, 0.2) is 12.3 Å². The first-order valence-electron chi connectivity index (χ1n) is 9.46. The third-order valence-corrected chi connectivity index (χ3v) is 5.27. The van der Waals surface area contributed by atoms with Gasteiger partial charge >= 0.3 is 6.18 Å². The highest BCUT2D eigenvalue weighted by atomic mass is 19.4. The molecule has 1 atom stereocenters. The Bertz CT molecular complexity index is 727. The van der Waals surface area contributed by atoms with Gasteiger partial charge in [-0.2, -0.15) is 18.4 Å². The molecule has 7 nitrogen and oxygen atoms in total. The summed E-state index contributed by atoms with van der Waals surface area (Å²) < 4.78 is 38.2. The fraction of sp³-hybridized carbons (Fsp3) is 0.667. The van der Waals surface area contributed by atoms with E-state index in [0.717, 1.165) is 50.8 Å². The molecular formula is C18H23F3N6O. The lowest BCUT2D eigenvalue weighted by molar-refractivity contribution is -0.141. The third-order valence-electron chi connectivity index (χ3n) is 5.27. The Morgan fingerprint density at radius 3 is 2.64 bits per heavy atom. The second kappa shape index (κ2) is 8.73. The number of carbonyl (C=O) groups excluding carboxylic acids is 1. The molecular weight excluding hydrogens is 373 g/mol. The average Bonchev–Trinajstić information content (AvgIpc) is 3.16. The first kappa shape index (κ1) is 20.3. The summed E-state index contributed by atoms with van der Waals surface area (Å²) in [5, 5.41) is 15.3. The minimum atomic E-state index is -4.49. The van der Waals surface area contributed by atoms with E-state index in [1.165, 1.54) is 0 Å². The molecule has 2 heterocycles. The number of carbonyl (C=O) groups is 1. The van der Waals surface area contributed by atoms with Crippen LogP contribution in [0.4, 0.5) is 19.1 Å². The highest BCUT2D eigenvalue weighted by molar-refractivity contribution is 5.79. The Balaban J connectivity index is 1.42. The smallest absolute Gasteiger partial charge is 0.351 e. The lowest BCUT2D eigenvalue weighted by Crippen LogP contribution is -2.45. The molecule has 1 saturated carbocycles. The summed E-state index contributed by atoms with van der Waals surface area (Å²) in [6.07, 6.45) is 1.29. The SMILES string of the molecule is N#CC1CCCN1C(=O)CNC1CCC(Nc2nccc(C(F)(F)F)n2)CC1. The molecule has 152 valence electrons. The van der Waals surface area contributed by atoms with Gasteiger partial charge in [-0.1, -0.05) is 0 Å². The van der Waals surface area contributed by atoms with Crippen LogP contribution in [0.3, 0.4) is 0 Å². The Morgan fingerprint density at radius 2 is 1.96 bits per heavy atom. The van der Waals surface area contributed by atoms with Crippen molar-refractivity contribution in [3.05, 3.63) is 18.0 Å². The van der Waals surface area contributed by atoms with Crippen LogP contribution in [0.5, 0.6) is 0 Å². The number of alkyl halides is 3. The second-order valence-electron chi connectivity index (χ2n) is 7.21. The summed E-state index contributed by atoms with van der Waals surface area (Å²) in [5.74, 6) is -0.0698. The van der Waals surface area contributed by atoms with Crippen molar-refractivity contribution in [2.75, 3.05) is 18.4 Å². The Labute approximate surface area is 161 Å². The summed E-state index contributed by atoms with van der Waals surface area (Å²) in [6.45, 7) is 0.837. The summed E-state index contributed by atoms with van der Waals surface area (Å²) in [4.78, 5) is 21.3. The van der Waals surface area contributed by atoms with E-state index in [9.17, 15) is 18.0 Å². The van der Waals surface area contributed by atoms with Crippen LogP contribution in [0.2, 0.25) is 0 Å². The molecule has 1 aromatic rings. The molecule has 0 spiro atoms. The summed E-state index contributed by atoms with van der Waals surface area (Å²) in [7, 11) is 0. The van der Waals surface area contributed by atoms with Crippen LogP contribution < -0.4 is 10.6 Å². The summed E-state index contributed by atoms with van der Waals surface area (Å²) in [6, 6.07) is 2.86. The van der Waals surface area contributed by atoms with Gasteiger partial charge in [0.25, 0.3) is 0 Å². The largest absolute Gasteiger partial charge is 0.433 e. The topological polar surface area (TPSA) is 93.9 Å². The number of halogens is 3. The van der Waals surface area contributed by atoms with E-state index in [4.69, 9.17) is 5.26 Å². The molecule has 0 aromatic carbocycles. The predicted octanol–water partition coefficient (Wildman–Crippen LogP) is 2.32. The minimum Gasteiger partial charge on any atom is -0.351 e. The molecule has 1 aromatic heterocycles. The number of nitriles is 1. The maximum atomic E-state index is 12.7. The number of hydrogen-bond acceptors (Lipinski definition) is 6. The molecule has 1 saturated heterocycles. The maximum Gasteiger partial charge on any atom is 0.433 e. The zero-order chi connectivity index (χ0) is 20.1. The monoisotopic (exact) mass is 396 g/mol. The van der Waals surface area contributed by atoms with E-state index >= 15 is 0 Å². The fourth-order valence-corrected chi connectivity index (χ4v) is 3.74. The number of likely N-dealkylation sites (tertiary alicyclic amines) is 1. The van der Waals surface area contributed by atoms with Crippen LogP contribution in [0, 0.1) is 11.3 Å². The van der Waals surface area contributed by atoms with Crippen LogP contribution in [-0.2, 0) is 11.0 Å². The molecule has 1 amide bonds. The van der Waals surface area contributed by atoms with Crippen molar-refractivity contribution in [3.8, 4) is 6.07 Å². The van der Waals surface area contributed by atoms with Gasteiger partial charge in [-0.15, -0.1) is 0 Å². The lowest BCUT2D eigenvalue weighted by atomic mass is 9.91. The van der Waals surface area contributed by atoms with Crippen molar-refractivity contribution < 1.29 is 18.0 Å². The molecule has 1 unspecified atom stereocenters. The number of aromatic nitrogens is 2. The number of nitrogens with one attached hydrogen (secondary N) is 2. The highest BCUT2D eigenvalue weighted by Gasteiger charge is 2.33. The van der Waals surface area contributed by atoms with Crippen molar-refractivity contribution >= 4 is 11.9 Å². The van der Waals surface area contributed by atoms with Gasteiger partial charge in [0.2, 0.25) is 11.9 Å². The van der Waals surface area contributed by atoms with Crippen molar-refractivity contribution in [2.24, 2.45) is 0 Å². The van der Waals surface area contributed by atoms with E-state index < -0.39 is 11.9 Å². The van der Waals surface area contributed by atoms with Crippen molar-refractivity contribution in [1.29, 1.82) is 5.26 Å². The van der Waals surface area contributed by atoms with E-state index in [0.29, 0.717) is 6.54 Å². The first-order valence-corrected chi connectivity index (χ1v) is 9.46. The van der Waals surface area contributed by atoms with Crippen molar-refractivity contribution in [2.45, 2.75) is 62.8 Å². The third kappa shape index (κ3) is 5.10. The van der Waals surface area contributed by atoms with Crippen molar-refractivity contribution in [3.63, 3.8) is 0 Å². The quantitative estimate of drug-likeness (QED) is 0.793. The van der Waals surface area contributed by atoms with Gasteiger partial charge in [0.05, 0.1) is 12.6 Å². The summed E-state index contributed by atoms with van der Waals surface area (Å²) >= 11 is 0. The highest BCUT2D eigenvalue weighted by Crippen LogP contribution is 2.28. The first-order chi connectivity index (χ1) is 13.4. The number of amides is 1. The average molecular weight is 396 g/mol. The van der Waals surface area contributed by atoms with E-state index in [1.807, 2.05) is 0 Å². The summed E-state index contributed by atoms with van der Waals surface area (Å²) in [5.41, 5.74) is -0.962. The molecule has 3 rings (SSSR count). The standard InChI is InChI=1S/C18H23F3N6O/c19-18(20,21)15-7-8-23-17(26-15)25-13-5-3-12(4-6-13)24-11-16(28)27-9-1-2-14(27)10-22/h7-8,12-14,24H,1-6,9,11H2,(H,23,25,26). The molecule has 0 bridgehead atoms. The lowest BCUT2D eigenvalue weighted by Gasteiger charge is -2.30. The fourth-order valence-electron chi connectivity index (χ4n) is 3.74. The molecule has 10 heteroatoms. The number of anilines is 1.